The van der Waals surface area contributed by atoms with Gasteiger partial charge in [-0.2, -0.15) is 0 Å². The Labute approximate surface area is 94.4 Å². The molecule has 88 valence electrons. The molecule has 0 unspecified atom stereocenters. The van der Waals surface area contributed by atoms with Crippen LogP contribution < -0.4 is 5.32 Å². The molecule has 1 N–H and O–H groups in total. The van der Waals surface area contributed by atoms with Gasteiger partial charge in [-0.3, -0.25) is 9.59 Å². The van der Waals surface area contributed by atoms with Gasteiger partial charge in [-0.1, -0.05) is 6.92 Å². The van der Waals surface area contributed by atoms with E-state index in [0.717, 1.165) is 6.42 Å². The fourth-order valence-electron chi connectivity index (χ4n) is 1.20. The molecule has 1 rings (SSSR count). The third-order valence-corrected chi connectivity index (χ3v) is 2.03. The van der Waals surface area contributed by atoms with Crippen molar-refractivity contribution in [2.45, 2.75) is 13.3 Å². The number of rotatable bonds is 5. The first-order valence-electron chi connectivity index (χ1n) is 5.20. The number of nitrogens with one attached hydrogen (secondary N) is 1. The molecule has 0 bridgehead atoms. The Kier molecular flexibility index (Phi) is 4.57. The number of nitrogens with zero attached hydrogens (tertiary/aromatic N) is 1. The van der Waals surface area contributed by atoms with Crippen molar-refractivity contribution in [3.8, 4) is 0 Å². The van der Waals surface area contributed by atoms with E-state index in [1.54, 1.807) is 19.2 Å². The van der Waals surface area contributed by atoms with Gasteiger partial charge in [0.1, 0.15) is 0 Å². The van der Waals surface area contributed by atoms with Crippen molar-refractivity contribution < 1.29 is 14.0 Å². The lowest BCUT2D eigenvalue weighted by Gasteiger charge is -2.14. The van der Waals surface area contributed by atoms with Crippen LogP contribution in [0.3, 0.4) is 0 Å². The Bertz CT molecular complexity index is 346. The van der Waals surface area contributed by atoms with Crippen molar-refractivity contribution >= 4 is 11.8 Å². The van der Waals surface area contributed by atoms with Gasteiger partial charge in [0.15, 0.2) is 5.76 Å². The van der Waals surface area contributed by atoms with Gasteiger partial charge in [-0.15, -0.1) is 0 Å². The molecular weight excluding hydrogens is 208 g/mol. The molecule has 0 radical (unpaired) electrons. The van der Waals surface area contributed by atoms with Crippen LogP contribution in [-0.2, 0) is 4.79 Å². The summed E-state index contributed by atoms with van der Waals surface area (Å²) in [5.74, 6) is -0.216. The van der Waals surface area contributed by atoms with E-state index in [0.29, 0.717) is 6.54 Å². The molecule has 1 aromatic rings. The van der Waals surface area contributed by atoms with E-state index in [1.807, 2.05) is 6.92 Å². The van der Waals surface area contributed by atoms with Crippen LogP contribution in [-0.4, -0.2) is 36.9 Å². The number of amides is 2. The first-order valence-corrected chi connectivity index (χ1v) is 5.20. The van der Waals surface area contributed by atoms with Crippen molar-refractivity contribution in [1.82, 2.24) is 10.2 Å². The zero-order chi connectivity index (χ0) is 12.0. The predicted molar refractivity (Wildman–Crippen MR) is 59.0 cm³/mol. The fraction of sp³-hybridized carbons (Fsp3) is 0.455. The smallest absolute Gasteiger partial charge is 0.289 e. The quantitative estimate of drug-likeness (QED) is 0.807. The van der Waals surface area contributed by atoms with Crippen molar-refractivity contribution in [2.75, 3.05) is 20.1 Å². The summed E-state index contributed by atoms with van der Waals surface area (Å²) < 4.78 is 4.96. The summed E-state index contributed by atoms with van der Waals surface area (Å²) in [4.78, 5) is 24.3. The molecule has 0 saturated heterocycles. The Hall–Kier alpha value is -1.78. The van der Waals surface area contributed by atoms with Gasteiger partial charge < -0.3 is 14.6 Å². The molecule has 0 atom stereocenters. The van der Waals surface area contributed by atoms with Crippen molar-refractivity contribution in [3.63, 3.8) is 0 Å². The number of carbonyl (C=O) groups excluding carboxylic acids is 2. The zero-order valence-electron chi connectivity index (χ0n) is 9.53. The minimum Gasteiger partial charge on any atom is -0.459 e. The predicted octanol–water partition coefficient (Wildman–Crippen LogP) is 0.878. The fourth-order valence-corrected chi connectivity index (χ4v) is 1.20. The number of hydrogen-bond acceptors (Lipinski definition) is 3. The number of furan rings is 1. The lowest BCUT2D eigenvalue weighted by Crippen LogP contribution is -2.38. The first-order chi connectivity index (χ1) is 7.65. The van der Waals surface area contributed by atoms with E-state index >= 15 is 0 Å². The molecule has 5 nitrogen and oxygen atoms in total. The molecule has 2 amide bonds. The van der Waals surface area contributed by atoms with Crippen LogP contribution in [0.5, 0.6) is 0 Å². The van der Waals surface area contributed by atoms with E-state index in [4.69, 9.17) is 4.42 Å². The first kappa shape index (κ1) is 12.3. The van der Waals surface area contributed by atoms with Gasteiger partial charge in [0.2, 0.25) is 5.91 Å². The maximum absolute atomic E-state index is 11.7. The van der Waals surface area contributed by atoms with Crippen molar-refractivity contribution in [1.29, 1.82) is 0 Å². The largest absolute Gasteiger partial charge is 0.459 e. The van der Waals surface area contributed by atoms with Crippen molar-refractivity contribution in [2.24, 2.45) is 0 Å². The molecule has 0 aliphatic rings. The van der Waals surface area contributed by atoms with Gasteiger partial charge in [-0.25, -0.2) is 0 Å². The van der Waals surface area contributed by atoms with Gasteiger partial charge in [0.25, 0.3) is 5.91 Å². The average Bonchev–Trinajstić information content (AvgIpc) is 2.78. The number of hydrogen-bond donors (Lipinski definition) is 1. The minimum atomic E-state index is -0.295. The Balaban J connectivity index is 2.43. The molecule has 0 spiro atoms. The lowest BCUT2D eigenvalue weighted by molar-refractivity contribution is -0.121. The van der Waals surface area contributed by atoms with Crippen LogP contribution in [0, 0.1) is 0 Å². The normalized spacial score (nSPS) is 9.88. The maximum atomic E-state index is 11.7. The molecule has 0 aliphatic heterocycles. The molecule has 0 aliphatic carbocycles. The molecule has 1 aromatic heterocycles. The summed E-state index contributed by atoms with van der Waals surface area (Å²) in [5.41, 5.74) is 0. The van der Waals surface area contributed by atoms with Crippen molar-refractivity contribution in [3.05, 3.63) is 24.2 Å². The molecule has 1 heterocycles. The number of carbonyl (C=O) groups is 2. The second-order valence-corrected chi connectivity index (χ2v) is 3.49. The second kappa shape index (κ2) is 5.95. The van der Waals surface area contributed by atoms with Crippen LogP contribution in [0.25, 0.3) is 0 Å². The Morgan fingerprint density at radius 2 is 2.25 bits per heavy atom. The maximum Gasteiger partial charge on any atom is 0.289 e. The van der Waals surface area contributed by atoms with Gasteiger partial charge in [0.05, 0.1) is 12.8 Å². The van der Waals surface area contributed by atoms with E-state index in [1.165, 1.54) is 11.2 Å². The Morgan fingerprint density at radius 3 is 2.81 bits per heavy atom. The molecular formula is C11H16N2O3. The summed E-state index contributed by atoms with van der Waals surface area (Å²) in [6.45, 7) is 2.64. The van der Waals surface area contributed by atoms with Gasteiger partial charge in [0, 0.05) is 13.6 Å². The summed E-state index contributed by atoms with van der Waals surface area (Å²) in [6, 6.07) is 3.21. The summed E-state index contributed by atoms with van der Waals surface area (Å²) >= 11 is 0. The molecule has 0 aromatic carbocycles. The van der Waals surface area contributed by atoms with Crippen LogP contribution in [0.4, 0.5) is 0 Å². The highest BCUT2D eigenvalue weighted by Crippen LogP contribution is 2.03. The van der Waals surface area contributed by atoms with E-state index < -0.39 is 0 Å². The molecule has 0 saturated carbocycles. The van der Waals surface area contributed by atoms with Gasteiger partial charge in [-0.05, 0) is 18.6 Å². The lowest BCUT2D eigenvalue weighted by atomic mass is 10.4. The topological polar surface area (TPSA) is 62.6 Å². The summed E-state index contributed by atoms with van der Waals surface area (Å²) in [6.07, 6.45) is 2.31. The minimum absolute atomic E-state index is 0.0412. The van der Waals surface area contributed by atoms with E-state index in [9.17, 15) is 9.59 Å². The Morgan fingerprint density at radius 1 is 1.50 bits per heavy atom. The van der Waals surface area contributed by atoms with E-state index in [2.05, 4.69) is 5.32 Å². The molecule has 16 heavy (non-hydrogen) atoms. The monoisotopic (exact) mass is 224 g/mol. The molecule has 0 fully saturated rings. The third-order valence-electron chi connectivity index (χ3n) is 2.03. The van der Waals surface area contributed by atoms with Crippen LogP contribution >= 0.6 is 0 Å². The third kappa shape index (κ3) is 3.42. The average molecular weight is 224 g/mol. The van der Waals surface area contributed by atoms with Crippen LogP contribution in [0.15, 0.2) is 22.8 Å². The summed E-state index contributed by atoms with van der Waals surface area (Å²) in [5, 5.41) is 2.70. The highest BCUT2D eigenvalue weighted by atomic mass is 16.3. The number of likely N-dealkylation sites (N-methyl/N-ethyl adjacent to an activating group) is 1. The van der Waals surface area contributed by atoms with Gasteiger partial charge >= 0.3 is 0 Å². The molecule has 5 heteroatoms. The van der Waals surface area contributed by atoms with Crippen LogP contribution in [0.1, 0.15) is 23.9 Å². The zero-order valence-corrected chi connectivity index (χ0v) is 9.53. The summed E-state index contributed by atoms with van der Waals surface area (Å²) in [7, 11) is 1.57. The van der Waals surface area contributed by atoms with E-state index in [-0.39, 0.29) is 24.1 Å². The highest BCUT2D eigenvalue weighted by molar-refractivity contribution is 5.94. The second-order valence-electron chi connectivity index (χ2n) is 3.49. The SMILES string of the molecule is CCCNC(=O)CN(C)C(=O)c1ccco1. The standard InChI is InChI=1S/C11H16N2O3/c1-3-6-12-10(14)8-13(2)11(15)9-5-4-7-16-9/h4-5,7H,3,6,8H2,1-2H3,(H,12,14). The van der Waals surface area contributed by atoms with Crippen LogP contribution in [0.2, 0.25) is 0 Å². The highest BCUT2D eigenvalue weighted by Gasteiger charge is 2.16.